The van der Waals surface area contributed by atoms with Crippen LogP contribution < -0.4 is 10.0 Å². The van der Waals surface area contributed by atoms with Crippen molar-refractivity contribution in [3.8, 4) is 0 Å². The Morgan fingerprint density at radius 3 is 2.67 bits per heavy atom. The quantitative estimate of drug-likeness (QED) is 0.642. The van der Waals surface area contributed by atoms with Crippen molar-refractivity contribution < 1.29 is 18.1 Å². The van der Waals surface area contributed by atoms with Crippen LogP contribution in [0.5, 0.6) is 0 Å². The Hall–Kier alpha value is -2.00. The molecule has 2 rings (SSSR count). The highest BCUT2D eigenvalue weighted by Gasteiger charge is 2.33. The third kappa shape index (κ3) is 3.56. The summed E-state index contributed by atoms with van der Waals surface area (Å²) in [6.07, 6.45) is 0.104. The lowest BCUT2D eigenvalue weighted by atomic mass is 10.1. The number of anilines is 1. The fourth-order valence-corrected chi connectivity index (χ4v) is 3.36. The first-order valence-corrected chi connectivity index (χ1v) is 7.95. The molecule has 1 saturated heterocycles. The molecule has 1 aliphatic rings. The SMILES string of the molecule is Cc1cc(N2CC(CS(N)(=O)=O)CC2=O)ccc1[N+](=O)[O-]. The summed E-state index contributed by atoms with van der Waals surface area (Å²) >= 11 is 0. The van der Waals surface area contributed by atoms with Crippen LogP contribution in [0.15, 0.2) is 18.2 Å². The van der Waals surface area contributed by atoms with Gasteiger partial charge in [0.25, 0.3) is 5.69 Å². The third-order valence-electron chi connectivity index (χ3n) is 3.36. The van der Waals surface area contributed by atoms with Crippen LogP contribution in [-0.2, 0) is 14.8 Å². The molecule has 9 heteroatoms. The monoisotopic (exact) mass is 313 g/mol. The zero-order valence-electron chi connectivity index (χ0n) is 11.4. The fraction of sp³-hybridized carbons (Fsp3) is 0.417. The van der Waals surface area contributed by atoms with Crippen LogP contribution in [0.1, 0.15) is 12.0 Å². The standard InChI is InChI=1S/C12H15N3O5S/c1-8-4-10(2-3-11(8)15(17)18)14-6-9(5-12(14)16)7-21(13,19)20/h2-4,9H,5-7H2,1H3,(H2,13,19,20). The Labute approximate surface area is 121 Å². The highest BCUT2D eigenvalue weighted by molar-refractivity contribution is 7.89. The molecule has 21 heavy (non-hydrogen) atoms. The normalized spacial score (nSPS) is 19.0. The van der Waals surface area contributed by atoms with E-state index in [1.165, 1.54) is 17.0 Å². The van der Waals surface area contributed by atoms with Crippen molar-refractivity contribution in [3.63, 3.8) is 0 Å². The minimum atomic E-state index is -3.63. The molecule has 0 spiro atoms. The van der Waals surface area contributed by atoms with Crippen LogP contribution >= 0.6 is 0 Å². The average Bonchev–Trinajstić information content (AvgIpc) is 2.66. The number of hydrogen-bond donors (Lipinski definition) is 1. The Kier molecular flexibility index (Phi) is 3.97. The Morgan fingerprint density at radius 2 is 2.14 bits per heavy atom. The summed E-state index contributed by atoms with van der Waals surface area (Å²) in [5.41, 5.74) is 0.951. The maximum absolute atomic E-state index is 12.0. The highest BCUT2D eigenvalue weighted by Crippen LogP contribution is 2.29. The first-order chi connectivity index (χ1) is 9.67. The highest BCUT2D eigenvalue weighted by atomic mass is 32.2. The van der Waals surface area contributed by atoms with Crippen molar-refractivity contribution in [1.82, 2.24) is 0 Å². The molecule has 114 valence electrons. The van der Waals surface area contributed by atoms with Gasteiger partial charge in [-0.1, -0.05) is 0 Å². The van der Waals surface area contributed by atoms with Crippen molar-refractivity contribution in [2.45, 2.75) is 13.3 Å². The number of nitro benzene ring substituents is 1. The van der Waals surface area contributed by atoms with Crippen LogP contribution in [-0.4, -0.2) is 31.5 Å². The van der Waals surface area contributed by atoms with E-state index in [4.69, 9.17) is 5.14 Å². The molecule has 1 aromatic carbocycles. The van der Waals surface area contributed by atoms with Gasteiger partial charge in [0.05, 0.1) is 10.7 Å². The number of rotatable bonds is 4. The number of carbonyl (C=O) groups is 1. The second kappa shape index (κ2) is 5.41. The summed E-state index contributed by atoms with van der Waals surface area (Å²) in [5.74, 6) is -0.818. The number of sulfonamides is 1. The number of benzene rings is 1. The molecule has 1 heterocycles. The van der Waals surface area contributed by atoms with E-state index in [9.17, 15) is 23.3 Å². The summed E-state index contributed by atoms with van der Waals surface area (Å²) in [6.45, 7) is 1.83. The van der Waals surface area contributed by atoms with E-state index in [2.05, 4.69) is 0 Å². The topological polar surface area (TPSA) is 124 Å². The largest absolute Gasteiger partial charge is 0.312 e. The number of nitrogens with two attached hydrogens (primary N) is 1. The molecular weight excluding hydrogens is 298 g/mol. The van der Waals surface area contributed by atoms with Gasteiger partial charge in [-0.05, 0) is 19.1 Å². The Balaban J connectivity index is 2.21. The second-order valence-corrected chi connectivity index (χ2v) is 6.79. The number of hydrogen-bond acceptors (Lipinski definition) is 5. The van der Waals surface area contributed by atoms with E-state index in [1.54, 1.807) is 13.0 Å². The predicted octanol–water partition coefficient (Wildman–Crippen LogP) is 0.545. The lowest BCUT2D eigenvalue weighted by Gasteiger charge is -2.17. The van der Waals surface area contributed by atoms with Gasteiger partial charge < -0.3 is 4.90 Å². The smallest absolute Gasteiger partial charge is 0.272 e. The summed E-state index contributed by atoms with van der Waals surface area (Å²) in [7, 11) is -3.63. The van der Waals surface area contributed by atoms with E-state index >= 15 is 0 Å². The molecule has 1 unspecified atom stereocenters. The van der Waals surface area contributed by atoms with Gasteiger partial charge in [0.15, 0.2) is 0 Å². The Morgan fingerprint density at radius 1 is 1.48 bits per heavy atom. The lowest BCUT2D eigenvalue weighted by molar-refractivity contribution is -0.385. The molecule has 0 radical (unpaired) electrons. The third-order valence-corrected chi connectivity index (χ3v) is 4.30. The molecule has 1 aromatic rings. The van der Waals surface area contributed by atoms with Crippen LogP contribution in [0, 0.1) is 23.0 Å². The Bertz CT molecular complexity index is 701. The van der Waals surface area contributed by atoms with Gasteiger partial charge in [-0.3, -0.25) is 14.9 Å². The van der Waals surface area contributed by atoms with Crippen molar-refractivity contribution in [2.24, 2.45) is 11.1 Å². The minimum absolute atomic E-state index is 0.0218. The molecule has 8 nitrogen and oxygen atoms in total. The molecule has 0 aromatic heterocycles. The lowest BCUT2D eigenvalue weighted by Crippen LogP contribution is -2.27. The molecule has 2 N–H and O–H groups in total. The fourth-order valence-electron chi connectivity index (χ4n) is 2.48. The number of nitro groups is 1. The summed E-state index contributed by atoms with van der Waals surface area (Å²) in [5, 5.41) is 15.8. The van der Waals surface area contributed by atoms with Gasteiger partial charge in [-0.2, -0.15) is 0 Å². The van der Waals surface area contributed by atoms with E-state index in [-0.39, 0.29) is 36.2 Å². The molecule has 1 amide bonds. The number of nitrogens with zero attached hydrogens (tertiary/aromatic N) is 2. The van der Waals surface area contributed by atoms with Gasteiger partial charge in [0.2, 0.25) is 15.9 Å². The maximum atomic E-state index is 12.0. The zero-order valence-corrected chi connectivity index (χ0v) is 12.2. The van der Waals surface area contributed by atoms with E-state index in [0.29, 0.717) is 11.3 Å². The molecule has 0 aliphatic carbocycles. The average molecular weight is 313 g/mol. The molecule has 1 aliphatic heterocycles. The van der Waals surface area contributed by atoms with Crippen molar-refractivity contribution in [1.29, 1.82) is 0 Å². The first-order valence-electron chi connectivity index (χ1n) is 6.23. The van der Waals surface area contributed by atoms with Gasteiger partial charge >= 0.3 is 0 Å². The van der Waals surface area contributed by atoms with E-state index < -0.39 is 14.9 Å². The van der Waals surface area contributed by atoms with Gasteiger partial charge in [-0.25, -0.2) is 13.6 Å². The van der Waals surface area contributed by atoms with Crippen LogP contribution in [0.2, 0.25) is 0 Å². The number of aryl methyl sites for hydroxylation is 1. The van der Waals surface area contributed by atoms with Gasteiger partial charge in [-0.15, -0.1) is 0 Å². The molecule has 1 atom stereocenters. The number of amides is 1. The summed E-state index contributed by atoms with van der Waals surface area (Å²) in [4.78, 5) is 23.7. The van der Waals surface area contributed by atoms with E-state index in [1.807, 2.05) is 0 Å². The van der Waals surface area contributed by atoms with Gasteiger partial charge in [0.1, 0.15) is 0 Å². The predicted molar refractivity (Wildman–Crippen MR) is 76.3 cm³/mol. The van der Waals surface area contributed by atoms with Crippen LogP contribution in [0.25, 0.3) is 0 Å². The first kappa shape index (κ1) is 15.4. The molecule has 0 bridgehead atoms. The van der Waals surface area contributed by atoms with Crippen molar-refractivity contribution >= 4 is 27.3 Å². The molecule has 1 fully saturated rings. The minimum Gasteiger partial charge on any atom is -0.312 e. The number of primary sulfonamides is 1. The zero-order chi connectivity index (χ0) is 15.8. The van der Waals surface area contributed by atoms with Crippen LogP contribution in [0.4, 0.5) is 11.4 Å². The van der Waals surface area contributed by atoms with E-state index in [0.717, 1.165) is 0 Å². The van der Waals surface area contributed by atoms with Crippen molar-refractivity contribution in [2.75, 3.05) is 17.2 Å². The van der Waals surface area contributed by atoms with Crippen LogP contribution in [0.3, 0.4) is 0 Å². The maximum Gasteiger partial charge on any atom is 0.272 e. The summed E-state index contributed by atoms with van der Waals surface area (Å²) < 4.78 is 22.2. The van der Waals surface area contributed by atoms with Gasteiger partial charge in [0, 0.05) is 36.2 Å². The van der Waals surface area contributed by atoms with Crippen molar-refractivity contribution in [3.05, 3.63) is 33.9 Å². The molecular formula is C12H15N3O5S. The summed E-state index contributed by atoms with van der Waals surface area (Å²) in [6, 6.07) is 4.38. The number of carbonyl (C=O) groups excluding carboxylic acids is 1. The second-order valence-electron chi connectivity index (χ2n) is 5.13. The molecule has 0 saturated carbocycles.